The summed E-state index contributed by atoms with van der Waals surface area (Å²) in [6.45, 7) is 3.89. The van der Waals surface area contributed by atoms with Crippen molar-refractivity contribution in [1.82, 2.24) is 0 Å². The van der Waals surface area contributed by atoms with Crippen LogP contribution in [-0.2, 0) is 9.59 Å². The topological polar surface area (TPSA) is 76.7 Å². The average Bonchev–Trinajstić information content (AvgIpc) is 3.47. The molecule has 0 heterocycles. The molecule has 1 fully saturated rings. The van der Waals surface area contributed by atoms with E-state index >= 15 is 0 Å². The predicted molar refractivity (Wildman–Crippen MR) is 104 cm³/mol. The van der Waals surface area contributed by atoms with Crippen LogP contribution in [0.4, 0.5) is 11.4 Å². The van der Waals surface area contributed by atoms with E-state index in [2.05, 4.69) is 10.6 Å². The van der Waals surface area contributed by atoms with E-state index in [1.807, 2.05) is 32.0 Å². The van der Waals surface area contributed by atoms with Gasteiger partial charge in [-0.05, 0) is 56.0 Å². The monoisotopic (exact) mass is 368 g/mol. The number of carbonyl (C=O) groups excluding carboxylic acids is 2. The molecule has 1 saturated carbocycles. The van der Waals surface area contributed by atoms with E-state index in [0.29, 0.717) is 30.0 Å². The molecule has 3 rings (SSSR count). The second-order valence-electron chi connectivity index (χ2n) is 6.87. The maximum absolute atomic E-state index is 12.8. The van der Waals surface area contributed by atoms with Gasteiger partial charge in [0, 0.05) is 11.8 Å². The molecule has 0 atom stereocenters. The van der Waals surface area contributed by atoms with Crippen molar-refractivity contribution in [3.63, 3.8) is 0 Å². The Morgan fingerprint density at radius 2 is 1.56 bits per heavy atom. The van der Waals surface area contributed by atoms with Crippen LogP contribution in [0.5, 0.6) is 11.5 Å². The van der Waals surface area contributed by atoms with E-state index in [1.165, 1.54) is 7.11 Å². The van der Waals surface area contributed by atoms with Gasteiger partial charge in [0.25, 0.3) is 0 Å². The summed E-state index contributed by atoms with van der Waals surface area (Å²) < 4.78 is 10.5. The lowest BCUT2D eigenvalue weighted by Crippen LogP contribution is -2.35. The standard InChI is InChI=1S/C21H24N2O4/c1-13-5-6-14(2)17(11-13)23-20(25)21(9-10-21)19(24)22-16-8-7-15(26-3)12-18(16)27-4/h5-8,11-12H,9-10H2,1-4H3,(H,22,24)(H,23,25). The summed E-state index contributed by atoms with van der Waals surface area (Å²) in [5, 5.41) is 5.74. The SMILES string of the molecule is COc1ccc(NC(=O)C2(C(=O)Nc3cc(C)ccc3C)CC2)c(OC)c1. The molecule has 2 amide bonds. The minimum absolute atomic E-state index is 0.277. The van der Waals surface area contributed by atoms with Crippen molar-refractivity contribution < 1.29 is 19.1 Å². The smallest absolute Gasteiger partial charge is 0.240 e. The first-order valence-corrected chi connectivity index (χ1v) is 8.82. The Morgan fingerprint density at radius 1 is 0.889 bits per heavy atom. The second kappa shape index (κ2) is 7.31. The Bertz CT molecular complexity index is 888. The molecule has 0 unspecified atom stereocenters. The highest BCUT2D eigenvalue weighted by Crippen LogP contribution is 2.48. The third kappa shape index (κ3) is 3.74. The van der Waals surface area contributed by atoms with Crippen molar-refractivity contribution in [2.24, 2.45) is 5.41 Å². The summed E-state index contributed by atoms with van der Waals surface area (Å²) in [6, 6.07) is 11.0. The van der Waals surface area contributed by atoms with E-state index < -0.39 is 5.41 Å². The lowest BCUT2D eigenvalue weighted by atomic mass is 10.0. The van der Waals surface area contributed by atoms with Gasteiger partial charge in [0.1, 0.15) is 16.9 Å². The van der Waals surface area contributed by atoms with Gasteiger partial charge in [-0.2, -0.15) is 0 Å². The number of nitrogens with one attached hydrogen (secondary N) is 2. The molecule has 2 aromatic carbocycles. The zero-order chi connectivity index (χ0) is 19.6. The minimum Gasteiger partial charge on any atom is -0.497 e. The van der Waals surface area contributed by atoms with Gasteiger partial charge >= 0.3 is 0 Å². The largest absolute Gasteiger partial charge is 0.497 e. The van der Waals surface area contributed by atoms with Gasteiger partial charge in [-0.25, -0.2) is 0 Å². The highest BCUT2D eigenvalue weighted by atomic mass is 16.5. The molecule has 1 aliphatic carbocycles. The molecule has 0 spiro atoms. The molecule has 0 aliphatic heterocycles. The number of amides is 2. The first-order chi connectivity index (χ1) is 12.9. The first-order valence-electron chi connectivity index (χ1n) is 8.82. The summed E-state index contributed by atoms with van der Waals surface area (Å²) in [6.07, 6.45) is 1.04. The number of ether oxygens (including phenoxy) is 2. The lowest BCUT2D eigenvalue weighted by molar-refractivity contribution is -0.131. The molecule has 6 nitrogen and oxygen atoms in total. The number of anilines is 2. The molecule has 2 aromatic rings. The van der Waals surface area contributed by atoms with Crippen molar-refractivity contribution in [2.75, 3.05) is 24.9 Å². The third-order valence-corrected chi connectivity index (χ3v) is 4.92. The van der Waals surface area contributed by atoms with Gasteiger partial charge in [-0.1, -0.05) is 12.1 Å². The summed E-state index contributed by atoms with van der Waals surface area (Å²) in [4.78, 5) is 25.7. The van der Waals surface area contributed by atoms with Gasteiger partial charge < -0.3 is 20.1 Å². The number of aryl methyl sites for hydroxylation is 2. The molecule has 2 N–H and O–H groups in total. The fraction of sp³-hybridized carbons (Fsp3) is 0.333. The number of hydrogen-bond donors (Lipinski definition) is 2. The Labute approximate surface area is 158 Å². The van der Waals surface area contributed by atoms with Crippen LogP contribution >= 0.6 is 0 Å². The quantitative estimate of drug-likeness (QED) is 0.763. The molecule has 6 heteroatoms. The third-order valence-electron chi connectivity index (χ3n) is 4.92. The maximum atomic E-state index is 12.8. The zero-order valence-corrected chi connectivity index (χ0v) is 16.0. The van der Waals surface area contributed by atoms with Gasteiger partial charge in [0.15, 0.2) is 0 Å². The molecule has 0 bridgehead atoms. The first kappa shape index (κ1) is 18.8. The molecule has 0 saturated heterocycles. The van der Waals surface area contributed by atoms with Gasteiger partial charge in [-0.15, -0.1) is 0 Å². The number of carbonyl (C=O) groups is 2. The van der Waals surface area contributed by atoms with Gasteiger partial charge in [-0.3, -0.25) is 9.59 Å². The number of benzene rings is 2. The van der Waals surface area contributed by atoms with Gasteiger partial charge in [0.05, 0.1) is 19.9 Å². The summed E-state index contributed by atoms with van der Waals surface area (Å²) in [5.41, 5.74) is 2.21. The van der Waals surface area contributed by atoms with Crippen LogP contribution in [0, 0.1) is 19.3 Å². The fourth-order valence-corrected chi connectivity index (χ4v) is 2.94. The summed E-state index contributed by atoms with van der Waals surface area (Å²) >= 11 is 0. The molecule has 27 heavy (non-hydrogen) atoms. The van der Waals surface area contributed by atoms with Crippen molar-refractivity contribution >= 4 is 23.2 Å². The van der Waals surface area contributed by atoms with Crippen molar-refractivity contribution in [3.05, 3.63) is 47.5 Å². The fourth-order valence-electron chi connectivity index (χ4n) is 2.94. The Morgan fingerprint density at radius 3 is 2.15 bits per heavy atom. The van der Waals surface area contributed by atoms with Crippen molar-refractivity contribution in [2.45, 2.75) is 26.7 Å². The maximum Gasteiger partial charge on any atom is 0.240 e. The second-order valence-corrected chi connectivity index (χ2v) is 6.87. The Kier molecular flexibility index (Phi) is 5.08. The zero-order valence-electron chi connectivity index (χ0n) is 16.0. The minimum atomic E-state index is -1.04. The average molecular weight is 368 g/mol. The van der Waals surface area contributed by atoms with Gasteiger partial charge in [0.2, 0.25) is 11.8 Å². The van der Waals surface area contributed by atoms with E-state index in [9.17, 15) is 9.59 Å². The van der Waals surface area contributed by atoms with E-state index in [4.69, 9.17) is 9.47 Å². The summed E-state index contributed by atoms with van der Waals surface area (Å²) in [7, 11) is 3.08. The van der Waals surface area contributed by atoms with Crippen LogP contribution in [0.15, 0.2) is 36.4 Å². The van der Waals surface area contributed by atoms with Crippen LogP contribution in [0.3, 0.4) is 0 Å². The normalized spacial score (nSPS) is 14.2. The molecular weight excluding hydrogens is 344 g/mol. The van der Waals surface area contributed by atoms with E-state index in [-0.39, 0.29) is 11.8 Å². The van der Waals surface area contributed by atoms with Crippen LogP contribution in [0.2, 0.25) is 0 Å². The van der Waals surface area contributed by atoms with Crippen LogP contribution in [0.1, 0.15) is 24.0 Å². The molecule has 0 aromatic heterocycles. The Balaban J connectivity index is 1.76. The van der Waals surface area contributed by atoms with Crippen molar-refractivity contribution in [3.8, 4) is 11.5 Å². The number of methoxy groups -OCH3 is 2. The Hall–Kier alpha value is -3.02. The van der Waals surface area contributed by atoms with Crippen LogP contribution in [0.25, 0.3) is 0 Å². The molecule has 142 valence electrons. The number of rotatable bonds is 6. The molecule has 0 radical (unpaired) electrons. The van der Waals surface area contributed by atoms with E-state index in [0.717, 1.165) is 16.8 Å². The summed E-state index contributed by atoms with van der Waals surface area (Å²) in [5.74, 6) is 0.502. The van der Waals surface area contributed by atoms with Crippen molar-refractivity contribution in [1.29, 1.82) is 0 Å². The van der Waals surface area contributed by atoms with E-state index in [1.54, 1.807) is 25.3 Å². The predicted octanol–water partition coefficient (Wildman–Crippen LogP) is 3.68. The van der Waals surface area contributed by atoms with Crippen LogP contribution < -0.4 is 20.1 Å². The highest BCUT2D eigenvalue weighted by molar-refractivity contribution is 6.17. The lowest BCUT2D eigenvalue weighted by Gasteiger charge is -2.18. The number of hydrogen-bond acceptors (Lipinski definition) is 4. The highest BCUT2D eigenvalue weighted by Gasteiger charge is 2.56. The molecular formula is C21H24N2O4. The van der Waals surface area contributed by atoms with Crippen LogP contribution in [-0.4, -0.2) is 26.0 Å². The molecule has 1 aliphatic rings.